The van der Waals surface area contributed by atoms with Crippen molar-refractivity contribution >= 4 is 40.7 Å². The molecule has 158 valence electrons. The van der Waals surface area contributed by atoms with Crippen molar-refractivity contribution in [1.82, 2.24) is 5.32 Å². The first-order valence-corrected chi connectivity index (χ1v) is 10.9. The van der Waals surface area contributed by atoms with Crippen LogP contribution in [0.15, 0.2) is 42.5 Å². The van der Waals surface area contributed by atoms with Gasteiger partial charge >= 0.3 is 0 Å². The molecule has 0 aromatic heterocycles. The number of rotatable bonds is 4. The zero-order valence-electron chi connectivity index (χ0n) is 16.8. The molecule has 0 aliphatic carbocycles. The molecule has 3 N–H and O–H groups in total. The van der Waals surface area contributed by atoms with E-state index in [1.165, 1.54) is 0 Å². The van der Waals surface area contributed by atoms with Crippen LogP contribution in [0.3, 0.4) is 0 Å². The van der Waals surface area contributed by atoms with Crippen LogP contribution in [0, 0.1) is 0 Å². The van der Waals surface area contributed by atoms with Crippen LogP contribution in [-0.2, 0) is 15.0 Å². The number of fused-ring (bicyclic) bond motifs is 2. The summed E-state index contributed by atoms with van der Waals surface area (Å²) in [5.41, 5.74) is -0.345. The van der Waals surface area contributed by atoms with E-state index in [0.717, 1.165) is 11.1 Å². The number of piperidine rings is 1. The predicted molar refractivity (Wildman–Crippen MR) is 118 cm³/mol. The fourth-order valence-corrected chi connectivity index (χ4v) is 5.53. The highest BCUT2D eigenvalue weighted by atomic mass is 35.5. The lowest BCUT2D eigenvalue weighted by molar-refractivity contribution is -0.140. The molecule has 0 bridgehead atoms. The molecule has 5 nitrogen and oxygen atoms in total. The van der Waals surface area contributed by atoms with Gasteiger partial charge in [0.05, 0.1) is 11.6 Å². The molecule has 2 aliphatic rings. The van der Waals surface area contributed by atoms with Gasteiger partial charge in [-0.3, -0.25) is 9.59 Å². The monoisotopic (exact) mass is 446 g/mol. The third-order valence-corrected chi connectivity index (χ3v) is 7.23. The molecule has 0 radical (unpaired) electrons. The Labute approximate surface area is 185 Å². The molecule has 0 saturated carbocycles. The molecule has 2 heterocycles. The largest absolute Gasteiger partial charge is 0.388 e. The lowest BCUT2D eigenvalue weighted by Crippen LogP contribution is -2.70. The number of nitrogens with one attached hydrogen (secondary N) is 2. The Morgan fingerprint density at radius 2 is 1.80 bits per heavy atom. The van der Waals surface area contributed by atoms with Crippen LogP contribution in [0.2, 0.25) is 10.0 Å². The van der Waals surface area contributed by atoms with Gasteiger partial charge in [-0.15, -0.1) is 0 Å². The van der Waals surface area contributed by atoms with Crippen molar-refractivity contribution < 1.29 is 14.7 Å². The number of amides is 2. The van der Waals surface area contributed by atoms with Crippen LogP contribution in [0.1, 0.15) is 50.2 Å². The average molecular weight is 447 g/mol. The van der Waals surface area contributed by atoms with Crippen LogP contribution in [0.4, 0.5) is 5.69 Å². The van der Waals surface area contributed by atoms with Gasteiger partial charge in [-0.25, -0.2) is 0 Å². The second-order valence-corrected chi connectivity index (χ2v) is 9.01. The SMILES string of the molecule is CCC(O)(CC)[C@@H]1NC(=O)C[C@@H](c2cccc(Cl)c2)[C@]12C(=O)Nc1cc(Cl)ccc12. The smallest absolute Gasteiger partial charge is 0.237 e. The van der Waals surface area contributed by atoms with Crippen molar-refractivity contribution in [1.29, 1.82) is 0 Å². The van der Waals surface area contributed by atoms with Crippen molar-refractivity contribution in [3.63, 3.8) is 0 Å². The molecule has 2 aromatic rings. The van der Waals surface area contributed by atoms with Gasteiger partial charge in [0, 0.05) is 28.1 Å². The van der Waals surface area contributed by atoms with Crippen molar-refractivity contribution in [3.05, 3.63) is 63.6 Å². The van der Waals surface area contributed by atoms with Crippen LogP contribution in [0.5, 0.6) is 0 Å². The van der Waals surface area contributed by atoms with Crippen molar-refractivity contribution in [3.8, 4) is 0 Å². The molecule has 4 rings (SSSR count). The maximum atomic E-state index is 13.7. The minimum absolute atomic E-state index is 0.107. The van der Waals surface area contributed by atoms with Gasteiger partial charge in [0.2, 0.25) is 11.8 Å². The van der Waals surface area contributed by atoms with Crippen LogP contribution in [-0.4, -0.2) is 28.6 Å². The Balaban J connectivity index is 2.03. The average Bonchev–Trinajstić information content (AvgIpc) is 3.00. The minimum atomic E-state index is -1.27. The van der Waals surface area contributed by atoms with Gasteiger partial charge in [-0.05, 0) is 48.2 Å². The molecule has 1 saturated heterocycles. The summed E-state index contributed by atoms with van der Waals surface area (Å²) in [6, 6.07) is 11.7. The Hall–Kier alpha value is -2.08. The standard InChI is InChI=1S/C23H24Cl2N2O3/c1-3-22(30,4-2)20-23(16-9-8-15(25)11-18(16)26-21(23)29)17(12-19(28)27-20)13-6-5-7-14(24)10-13/h5-11,17,20,30H,3-4,12H2,1-2H3,(H,26,29)(H,27,28)/t17-,20-,23-/m0/s1. The van der Waals surface area contributed by atoms with Gasteiger partial charge in [0.25, 0.3) is 0 Å². The van der Waals surface area contributed by atoms with Crippen molar-refractivity contribution in [2.45, 2.75) is 56.1 Å². The van der Waals surface area contributed by atoms with E-state index < -0.39 is 23.0 Å². The van der Waals surface area contributed by atoms with Gasteiger partial charge in [-0.2, -0.15) is 0 Å². The molecule has 7 heteroatoms. The summed E-state index contributed by atoms with van der Waals surface area (Å²) in [6.45, 7) is 3.73. The quantitative estimate of drug-likeness (QED) is 0.650. The summed E-state index contributed by atoms with van der Waals surface area (Å²) >= 11 is 12.5. The highest BCUT2D eigenvalue weighted by molar-refractivity contribution is 6.31. The fourth-order valence-electron chi connectivity index (χ4n) is 5.16. The lowest BCUT2D eigenvalue weighted by atomic mass is 9.56. The molecular weight excluding hydrogens is 423 g/mol. The summed E-state index contributed by atoms with van der Waals surface area (Å²) in [7, 11) is 0. The number of hydrogen-bond acceptors (Lipinski definition) is 3. The van der Waals surface area contributed by atoms with E-state index >= 15 is 0 Å². The number of aliphatic hydroxyl groups is 1. The summed E-state index contributed by atoms with van der Waals surface area (Å²) in [5, 5.41) is 18.5. The fraction of sp³-hybridized carbons (Fsp3) is 0.391. The lowest BCUT2D eigenvalue weighted by Gasteiger charge is -2.52. The predicted octanol–water partition coefficient (Wildman–Crippen LogP) is 4.41. The highest BCUT2D eigenvalue weighted by Gasteiger charge is 2.64. The van der Waals surface area contributed by atoms with Crippen LogP contribution < -0.4 is 10.6 Å². The molecule has 1 spiro atoms. The first kappa shape index (κ1) is 21.2. The number of carbonyl (C=O) groups is 2. The van der Waals surface area contributed by atoms with Gasteiger partial charge < -0.3 is 15.7 Å². The van der Waals surface area contributed by atoms with E-state index in [-0.39, 0.29) is 18.2 Å². The number of carbonyl (C=O) groups excluding carboxylic acids is 2. The van der Waals surface area contributed by atoms with E-state index in [9.17, 15) is 14.7 Å². The van der Waals surface area contributed by atoms with Gasteiger partial charge in [-0.1, -0.05) is 55.2 Å². The molecule has 0 unspecified atom stereocenters. The maximum absolute atomic E-state index is 13.7. The van der Waals surface area contributed by atoms with Crippen LogP contribution >= 0.6 is 23.2 Å². The van der Waals surface area contributed by atoms with E-state index in [0.29, 0.717) is 28.6 Å². The Morgan fingerprint density at radius 1 is 1.10 bits per heavy atom. The van der Waals surface area contributed by atoms with Crippen molar-refractivity contribution in [2.24, 2.45) is 0 Å². The molecule has 2 aliphatic heterocycles. The third kappa shape index (κ3) is 3.03. The molecular formula is C23H24Cl2N2O3. The van der Waals surface area contributed by atoms with Crippen molar-refractivity contribution in [2.75, 3.05) is 5.32 Å². The third-order valence-electron chi connectivity index (χ3n) is 6.76. The normalized spacial score (nSPS) is 25.8. The molecule has 3 atom stereocenters. The first-order chi connectivity index (χ1) is 14.3. The molecule has 2 aromatic carbocycles. The second-order valence-electron chi connectivity index (χ2n) is 8.14. The number of anilines is 1. The van der Waals surface area contributed by atoms with Gasteiger partial charge in [0.15, 0.2) is 0 Å². The van der Waals surface area contributed by atoms with Crippen LogP contribution in [0.25, 0.3) is 0 Å². The Bertz CT molecular complexity index is 1020. The van der Waals surface area contributed by atoms with E-state index in [4.69, 9.17) is 23.2 Å². The molecule has 30 heavy (non-hydrogen) atoms. The minimum Gasteiger partial charge on any atom is -0.388 e. The number of benzene rings is 2. The summed E-state index contributed by atoms with van der Waals surface area (Å²) < 4.78 is 0. The molecule has 1 fully saturated rings. The highest BCUT2D eigenvalue weighted by Crippen LogP contribution is 2.55. The Morgan fingerprint density at radius 3 is 2.47 bits per heavy atom. The Kier molecular flexibility index (Phi) is 5.33. The molecule has 2 amide bonds. The van der Waals surface area contributed by atoms with E-state index in [2.05, 4.69) is 10.6 Å². The summed E-state index contributed by atoms with van der Waals surface area (Å²) in [6.07, 6.45) is 0.874. The van der Waals surface area contributed by atoms with E-state index in [1.54, 1.807) is 24.3 Å². The summed E-state index contributed by atoms with van der Waals surface area (Å²) in [4.78, 5) is 26.6. The first-order valence-electron chi connectivity index (χ1n) is 10.1. The maximum Gasteiger partial charge on any atom is 0.237 e. The zero-order valence-corrected chi connectivity index (χ0v) is 18.3. The topological polar surface area (TPSA) is 78.4 Å². The van der Waals surface area contributed by atoms with Gasteiger partial charge in [0.1, 0.15) is 5.41 Å². The summed E-state index contributed by atoms with van der Waals surface area (Å²) in [5.74, 6) is -0.955. The van der Waals surface area contributed by atoms with E-state index in [1.807, 2.05) is 32.0 Å². The number of hydrogen-bond donors (Lipinski definition) is 3. The number of halogens is 2. The second kappa shape index (κ2) is 7.56. The zero-order chi connectivity index (χ0) is 21.7.